The third-order valence-corrected chi connectivity index (χ3v) is 6.84. The number of halogens is 1. The van der Waals surface area contributed by atoms with Gasteiger partial charge in [-0.1, -0.05) is 47.1 Å². The van der Waals surface area contributed by atoms with Crippen LogP contribution in [-0.4, -0.2) is 63.0 Å². The molecule has 0 aliphatic carbocycles. The Balaban J connectivity index is 1.29. The van der Waals surface area contributed by atoms with Crippen molar-refractivity contribution < 1.29 is 14.3 Å². The molecular formula is C26H27ClN6O3. The van der Waals surface area contributed by atoms with Gasteiger partial charge in [-0.2, -0.15) is 0 Å². The van der Waals surface area contributed by atoms with Gasteiger partial charge >= 0.3 is 5.97 Å². The Bertz CT molecular complexity index is 1380. The molecule has 5 rings (SSSR count). The smallest absolute Gasteiger partial charge is 0.360 e. The van der Waals surface area contributed by atoms with E-state index in [4.69, 9.17) is 16.3 Å². The summed E-state index contributed by atoms with van der Waals surface area (Å²) in [6.07, 6.45) is 4.85. The fourth-order valence-electron chi connectivity index (χ4n) is 4.82. The quantitative estimate of drug-likeness (QED) is 0.355. The van der Waals surface area contributed by atoms with Crippen molar-refractivity contribution >= 4 is 34.4 Å². The molecule has 2 atom stereocenters. The molecule has 0 unspecified atom stereocenters. The highest BCUT2D eigenvalue weighted by molar-refractivity contribution is 6.30. The number of carbonyl (C=O) groups excluding carboxylic acids is 2. The second-order valence-electron chi connectivity index (χ2n) is 8.94. The number of nitrogens with zero attached hydrogens (tertiary/aromatic N) is 4. The highest BCUT2D eigenvalue weighted by Crippen LogP contribution is 2.29. The molecule has 0 radical (unpaired) electrons. The van der Waals surface area contributed by atoms with Gasteiger partial charge in [-0.3, -0.25) is 9.69 Å². The molecule has 2 aromatic heterocycles. The van der Waals surface area contributed by atoms with E-state index < -0.39 is 5.97 Å². The first kappa shape index (κ1) is 24.0. The molecule has 1 saturated heterocycles. The van der Waals surface area contributed by atoms with Crippen LogP contribution in [0.4, 0.5) is 0 Å². The number of rotatable bonds is 8. The number of amides is 1. The number of likely N-dealkylation sites (tertiary alicyclic amines) is 1. The number of hydrogen-bond acceptors (Lipinski definition) is 6. The maximum Gasteiger partial charge on any atom is 0.360 e. The maximum atomic E-state index is 13.3. The van der Waals surface area contributed by atoms with Crippen LogP contribution in [0.15, 0.2) is 60.9 Å². The van der Waals surface area contributed by atoms with E-state index in [1.807, 2.05) is 48.7 Å². The summed E-state index contributed by atoms with van der Waals surface area (Å²) in [4.78, 5) is 30.6. The Hall–Kier alpha value is -3.69. The Morgan fingerprint density at radius 3 is 2.92 bits per heavy atom. The van der Waals surface area contributed by atoms with E-state index in [2.05, 4.69) is 31.6 Å². The first-order valence-electron chi connectivity index (χ1n) is 11.8. The van der Waals surface area contributed by atoms with Crippen molar-refractivity contribution in [2.45, 2.75) is 31.5 Å². The van der Waals surface area contributed by atoms with Gasteiger partial charge in [-0.05, 0) is 42.2 Å². The van der Waals surface area contributed by atoms with Crippen molar-refractivity contribution in [3.05, 3.63) is 82.8 Å². The summed E-state index contributed by atoms with van der Waals surface area (Å²) in [6, 6.07) is 15.3. The molecule has 0 saturated carbocycles. The van der Waals surface area contributed by atoms with E-state index in [0.29, 0.717) is 31.1 Å². The van der Waals surface area contributed by atoms with Gasteiger partial charge in [0, 0.05) is 41.8 Å². The highest BCUT2D eigenvalue weighted by Gasteiger charge is 2.38. The molecule has 36 heavy (non-hydrogen) atoms. The Morgan fingerprint density at radius 1 is 1.22 bits per heavy atom. The average molecular weight is 507 g/mol. The van der Waals surface area contributed by atoms with Crippen LogP contribution >= 0.6 is 11.6 Å². The molecule has 2 N–H and O–H groups in total. The summed E-state index contributed by atoms with van der Waals surface area (Å²) in [5.74, 6) is -0.575. The number of aromatic nitrogens is 4. The lowest BCUT2D eigenvalue weighted by Gasteiger charge is -2.23. The minimum atomic E-state index is -0.540. The Morgan fingerprint density at radius 2 is 2.08 bits per heavy atom. The molecule has 1 aliphatic heterocycles. The molecule has 3 heterocycles. The Labute approximate surface area is 213 Å². The van der Waals surface area contributed by atoms with E-state index in [1.165, 1.54) is 18.1 Å². The molecule has 0 spiro atoms. The van der Waals surface area contributed by atoms with E-state index in [1.54, 1.807) is 10.9 Å². The van der Waals surface area contributed by atoms with Crippen LogP contribution in [-0.2, 0) is 22.5 Å². The van der Waals surface area contributed by atoms with Crippen molar-refractivity contribution in [2.75, 3.05) is 20.2 Å². The molecule has 9 nitrogen and oxygen atoms in total. The molecule has 0 bridgehead atoms. The molecule has 1 aliphatic rings. The monoisotopic (exact) mass is 506 g/mol. The van der Waals surface area contributed by atoms with Crippen LogP contribution in [0.2, 0.25) is 5.02 Å². The zero-order valence-electron chi connectivity index (χ0n) is 19.9. The number of esters is 1. The highest BCUT2D eigenvalue weighted by atomic mass is 35.5. The van der Waals surface area contributed by atoms with Crippen LogP contribution in [0.3, 0.4) is 0 Å². The SMILES string of the molecule is COC(=O)c1cn([C@@H]2C[C@@H](C(=O)NCCc3c[nH]c4ccccc34)N(Cc3cccc(Cl)c3)C2)nn1. The van der Waals surface area contributed by atoms with Crippen molar-refractivity contribution in [1.82, 2.24) is 30.2 Å². The van der Waals surface area contributed by atoms with Gasteiger partial charge in [-0.25, -0.2) is 9.48 Å². The summed E-state index contributed by atoms with van der Waals surface area (Å²) >= 11 is 6.19. The van der Waals surface area contributed by atoms with Gasteiger partial charge in [0.25, 0.3) is 0 Å². The number of aromatic amines is 1. The predicted octanol–water partition coefficient (Wildman–Crippen LogP) is 3.37. The lowest BCUT2D eigenvalue weighted by molar-refractivity contribution is -0.125. The summed E-state index contributed by atoms with van der Waals surface area (Å²) < 4.78 is 6.39. The largest absolute Gasteiger partial charge is 0.464 e. The molecule has 186 valence electrons. The lowest BCUT2D eigenvalue weighted by Crippen LogP contribution is -2.43. The number of carbonyl (C=O) groups is 2. The van der Waals surface area contributed by atoms with Gasteiger partial charge in [0.05, 0.1) is 25.4 Å². The van der Waals surface area contributed by atoms with Crippen molar-refractivity contribution in [2.24, 2.45) is 0 Å². The second kappa shape index (κ2) is 10.5. The number of hydrogen-bond donors (Lipinski definition) is 2. The number of H-pyrrole nitrogens is 1. The van der Waals surface area contributed by atoms with Gasteiger partial charge in [0.2, 0.25) is 5.91 Å². The minimum Gasteiger partial charge on any atom is -0.464 e. The molecule has 2 aromatic carbocycles. The van der Waals surface area contributed by atoms with Crippen LogP contribution < -0.4 is 5.32 Å². The van der Waals surface area contributed by atoms with Crippen molar-refractivity contribution in [3.63, 3.8) is 0 Å². The molecule has 4 aromatic rings. The maximum absolute atomic E-state index is 13.3. The molecule has 10 heteroatoms. The number of para-hydroxylation sites is 1. The standard InChI is InChI=1S/C26H27ClN6O3/c1-36-26(35)23-16-33(31-30-23)20-12-24(32(15-20)14-17-5-4-6-19(27)11-17)25(34)28-10-9-18-13-29-22-8-3-2-7-21(18)22/h2-8,11,13,16,20,24,29H,9-10,12,14-15H2,1H3,(H,28,34)/t20-,24+/m1/s1. The summed E-state index contributed by atoms with van der Waals surface area (Å²) in [5.41, 5.74) is 3.42. The zero-order valence-corrected chi connectivity index (χ0v) is 20.6. The van der Waals surface area contributed by atoms with Crippen molar-refractivity contribution in [3.8, 4) is 0 Å². The van der Waals surface area contributed by atoms with Crippen LogP contribution in [0.1, 0.15) is 34.1 Å². The van der Waals surface area contributed by atoms with Crippen LogP contribution in [0.5, 0.6) is 0 Å². The fraction of sp³-hybridized carbons (Fsp3) is 0.308. The molecule has 1 fully saturated rings. The van der Waals surface area contributed by atoms with E-state index in [0.717, 1.165) is 17.5 Å². The lowest BCUT2D eigenvalue weighted by atomic mass is 10.1. The summed E-state index contributed by atoms with van der Waals surface area (Å²) in [7, 11) is 1.31. The fourth-order valence-corrected chi connectivity index (χ4v) is 5.03. The zero-order chi connectivity index (χ0) is 25.1. The number of benzene rings is 2. The van der Waals surface area contributed by atoms with E-state index in [9.17, 15) is 9.59 Å². The number of ether oxygens (including phenoxy) is 1. The predicted molar refractivity (Wildman–Crippen MR) is 136 cm³/mol. The van der Waals surface area contributed by atoms with Gasteiger partial charge in [0.15, 0.2) is 5.69 Å². The molecule has 1 amide bonds. The van der Waals surface area contributed by atoms with Crippen LogP contribution in [0, 0.1) is 0 Å². The van der Waals surface area contributed by atoms with Crippen LogP contribution in [0.25, 0.3) is 10.9 Å². The first-order valence-corrected chi connectivity index (χ1v) is 12.2. The third-order valence-electron chi connectivity index (χ3n) is 6.61. The summed E-state index contributed by atoms with van der Waals surface area (Å²) in [6.45, 7) is 1.68. The number of nitrogens with one attached hydrogen (secondary N) is 2. The first-order chi connectivity index (χ1) is 17.5. The number of fused-ring (bicyclic) bond motifs is 1. The van der Waals surface area contributed by atoms with Gasteiger partial charge in [0.1, 0.15) is 0 Å². The van der Waals surface area contributed by atoms with Crippen molar-refractivity contribution in [1.29, 1.82) is 0 Å². The van der Waals surface area contributed by atoms with Gasteiger partial charge < -0.3 is 15.0 Å². The second-order valence-corrected chi connectivity index (χ2v) is 9.38. The minimum absolute atomic E-state index is 0.0346. The third kappa shape index (κ3) is 5.12. The average Bonchev–Trinajstić information content (AvgIpc) is 3.62. The van der Waals surface area contributed by atoms with E-state index in [-0.39, 0.29) is 23.7 Å². The Kier molecular flexibility index (Phi) is 7.02. The summed E-state index contributed by atoms with van der Waals surface area (Å²) in [5, 5.41) is 13.0. The molecular weight excluding hydrogens is 480 g/mol. The van der Waals surface area contributed by atoms with Gasteiger partial charge in [-0.15, -0.1) is 5.10 Å². The topological polar surface area (TPSA) is 105 Å². The van der Waals surface area contributed by atoms with E-state index >= 15 is 0 Å². The normalized spacial score (nSPS) is 17.9. The number of methoxy groups -OCH3 is 1.